The highest BCUT2D eigenvalue weighted by molar-refractivity contribution is 5.66. The minimum atomic E-state index is 0.723. The number of nitrogen functional groups attached to an aromatic ring is 1. The maximum Gasteiger partial charge on any atom is 0.178 e. The van der Waals surface area contributed by atoms with Gasteiger partial charge >= 0.3 is 0 Å². The molecule has 4 heteroatoms. The third-order valence-corrected chi connectivity index (χ3v) is 2.20. The predicted molar refractivity (Wildman–Crippen MR) is 49.7 cm³/mol. The van der Waals surface area contributed by atoms with Gasteiger partial charge in [0.1, 0.15) is 0 Å². The van der Waals surface area contributed by atoms with Gasteiger partial charge in [0, 0.05) is 19.8 Å². The van der Waals surface area contributed by atoms with Crippen molar-refractivity contribution in [3.05, 3.63) is 11.3 Å². The van der Waals surface area contributed by atoms with E-state index in [2.05, 4.69) is 10.2 Å². The molecule has 1 aromatic heterocycles. The summed E-state index contributed by atoms with van der Waals surface area (Å²) in [5, 5.41) is 7.66. The van der Waals surface area contributed by atoms with E-state index in [9.17, 15) is 0 Å². The summed E-state index contributed by atoms with van der Waals surface area (Å²) in [7, 11) is 3.57. The van der Waals surface area contributed by atoms with Gasteiger partial charge in [-0.3, -0.25) is 0 Å². The molecule has 12 heavy (non-hydrogen) atoms. The van der Waals surface area contributed by atoms with Crippen LogP contribution >= 0.6 is 0 Å². The molecule has 4 nitrogen and oxygen atoms in total. The van der Waals surface area contributed by atoms with Gasteiger partial charge in [-0.15, -0.1) is 5.11 Å². The van der Waals surface area contributed by atoms with Crippen LogP contribution in [0.2, 0.25) is 0 Å². The Balaban J connectivity index is 3.37. The summed E-state index contributed by atoms with van der Waals surface area (Å²) >= 11 is 0. The molecule has 1 aromatic rings. The van der Waals surface area contributed by atoms with Crippen molar-refractivity contribution in [1.82, 2.24) is 4.57 Å². The topological polar surface area (TPSA) is 55.7 Å². The zero-order chi connectivity index (χ0) is 9.30. The average molecular weight is 166 g/mol. The molecule has 0 atom stereocenters. The van der Waals surface area contributed by atoms with Crippen molar-refractivity contribution < 1.29 is 0 Å². The molecule has 0 aliphatic carbocycles. The highest BCUT2D eigenvalue weighted by atomic mass is 15.2. The number of anilines is 1. The number of hydrogen-bond acceptors (Lipinski definition) is 3. The fourth-order valence-corrected chi connectivity index (χ4v) is 1.17. The van der Waals surface area contributed by atoms with Gasteiger partial charge in [0.25, 0.3) is 0 Å². The van der Waals surface area contributed by atoms with Crippen LogP contribution < -0.4 is 5.73 Å². The van der Waals surface area contributed by atoms with Gasteiger partial charge in [0.15, 0.2) is 5.82 Å². The zero-order valence-electron chi connectivity index (χ0n) is 7.92. The molecule has 0 radical (unpaired) electrons. The second-order valence-corrected chi connectivity index (χ2v) is 2.81. The van der Waals surface area contributed by atoms with E-state index in [-0.39, 0.29) is 0 Å². The van der Waals surface area contributed by atoms with E-state index >= 15 is 0 Å². The zero-order valence-corrected chi connectivity index (χ0v) is 7.92. The first-order valence-electron chi connectivity index (χ1n) is 3.80. The van der Waals surface area contributed by atoms with Crippen molar-refractivity contribution in [3.8, 4) is 0 Å². The molecular formula is C8H14N4. The van der Waals surface area contributed by atoms with Crippen LogP contribution in [0.3, 0.4) is 0 Å². The number of hydrogen-bond donors (Lipinski definition) is 1. The molecule has 0 amide bonds. The first-order valence-corrected chi connectivity index (χ1v) is 3.80. The van der Waals surface area contributed by atoms with E-state index in [4.69, 9.17) is 5.73 Å². The molecule has 0 saturated carbocycles. The molecule has 0 aliphatic rings. The van der Waals surface area contributed by atoms with E-state index in [1.807, 2.05) is 25.5 Å². The lowest BCUT2D eigenvalue weighted by Crippen LogP contribution is -1.89. The fourth-order valence-electron chi connectivity index (χ4n) is 1.17. The van der Waals surface area contributed by atoms with Gasteiger partial charge in [-0.1, -0.05) is 0 Å². The summed E-state index contributed by atoms with van der Waals surface area (Å²) in [6.07, 6.45) is 0. The van der Waals surface area contributed by atoms with Crippen LogP contribution in [0.1, 0.15) is 11.3 Å². The molecule has 2 N–H and O–H groups in total. The lowest BCUT2D eigenvalue weighted by atomic mass is 10.2. The summed E-state index contributed by atoms with van der Waals surface area (Å²) in [6.45, 7) is 4.00. The monoisotopic (exact) mass is 166 g/mol. The van der Waals surface area contributed by atoms with Crippen LogP contribution in [0.15, 0.2) is 10.2 Å². The standard InChI is InChI=1S/C8H14N4/c1-5-6(2)12(4)8(7(5)9)11-10-3/h9H2,1-4H3. The van der Waals surface area contributed by atoms with Gasteiger partial charge in [-0.2, -0.15) is 5.11 Å². The Morgan fingerprint density at radius 2 is 1.92 bits per heavy atom. The highest BCUT2D eigenvalue weighted by Crippen LogP contribution is 2.30. The third-order valence-electron chi connectivity index (χ3n) is 2.20. The van der Waals surface area contributed by atoms with Gasteiger partial charge in [0.2, 0.25) is 0 Å². The molecule has 0 aliphatic heterocycles. The van der Waals surface area contributed by atoms with E-state index in [0.717, 1.165) is 22.8 Å². The Labute approximate surface area is 72.1 Å². The van der Waals surface area contributed by atoms with Crippen LogP contribution in [-0.4, -0.2) is 11.6 Å². The minimum Gasteiger partial charge on any atom is -0.395 e. The number of aromatic nitrogens is 1. The van der Waals surface area contributed by atoms with E-state index in [0.29, 0.717) is 0 Å². The van der Waals surface area contributed by atoms with Crippen LogP contribution in [-0.2, 0) is 7.05 Å². The van der Waals surface area contributed by atoms with Crippen LogP contribution in [0.4, 0.5) is 11.5 Å². The smallest absolute Gasteiger partial charge is 0.178 e. The van der Waals surface area contributed by atoms with Crippen molar-refractivity contribution in [3.63, 3.8) is 0 Å². The van der Waals surface area contributed by atoms with E-state index in [1.54, 1.807) is 7.05 Å². The lowest BCUT2D eigenvalue weighted by Gasteiger charge is -1.97. The molecule has 0 fully saturated rings. The second-order valence-electron chi connectivity index (χ2n) is 2.81. The summed E-state index contributed by atoms with van der Waals surface area (Å²) in [6, 6.07) is 0. The first kappa shape index (κ1) is 8.77. The van der Waals surface area contributed by atoms with Crippen molar-refractivity contribution >= 4 is 11.5 Å². The quantitative estimate of drug-likeness (QED) is 0.637. The lowest BCUT2D eigenvalue weighted by molar-refractivity contribution is 0.863. The molecule has 66 valence electrons. The van der Waals surface area contributed by atoms with Crippen molar-refractivity contribution in [2.75, 3.05) is 12.8 Å². The van der Waals surface area contributed by atoms with E-state index in [1.165, 1.54) is 0 Å². The first-order chi connectivity index (χ1) is 5.59. The summed E-state index contributed by atoms with van der Waals surface area (Å²) in [5.41, 5.74) is 8.76. The Hall–Kier alpha value is -1.32. The summed E-state index contributed by atoms with van der Waals surface area (Å²) < 4.78 is 1.94. The maximum absolute atomic E-state index is 5.82. The molecule has 0 bridgehead atoms. The molecule has 0 saturated heterocycles. The Morgan fingerprint density at radius 3 is 2.25 bits per heavy atom. The van der Waals surface area contributed by atoms with Crippen LogP contribution in [0.5, 0.6) is 0 Å². The van der Waals surface area contributed by atoms with Gasteiger partial charge < -0.3 is 10.3 Å². The maximum atomic E-state index is 5.82. The van der Waals surface area contributed by atoms with Gasteiger partial charge in [-0.25, -0.2) is 0 Å². The Morgan fingerprint density at radius 1 is 1.33 bits per heavy atom. The SMILES string of the molecule is CN=Nc1c(N)c(C)c(C)n1C. The average Bonchev–Trinajstić information content (AvgIpc) is 2.23. The molecule has 0 aromatic carbocycles. The third kappa shape index (κ3) is 1.09. The molecular weight excluding hydrogens is 152 g/mol. The number of nitrogens with two attached hydrogens (primary N) is 1. The van der Waals surface area contributed by atoms with Crippen molar-refractivity contribution in [2.24, 2.45) is 17.3 Å². The van der Waals surface area contributed by atoms with Crippen LogP contribution in [0.25, 0.3) is 0 Å². The van der Waals surface area contributed by atoms with Crippen molar-refractivity contribution in [1.29, 1.82) is 0 Å². The molecule has 1 heterocycles. The summed E-state index contributed by atoms with van der Waals surface area (Å²) in [5.74, 6) is 0.743. The largest absolute Gasteiger partial charge is 0.395 e. The van der Waals surface area contributed by atoms with Gasteiger partial charge in [-0.05, 0) is 19.4 Å². The van der Waals surface area contributed by atoms with E-state index < -0.39 is 0 Å². The van der Waals surface area contributed by atoms with Crippen LogP contribution in [0, 0.1) is 13.8 Å². The molecule has 0 unspecified atom stereocenters. The summed E-state index contributed by atoms with van der Waals surface area (Å²) in [4.78, 5) is 0. The van der Waals surface area contributed by atoms with Gasteiger partial charge in [0.05, 0.1) is 5.69 Å². The van der Waals surface area contributed by atoms with Crippen molar-refractivity contribution in [2.45, 2.75) is 13.8 Å². The highest BCUT2D eigenvalue weighted by Gasteiger charge is 2.11. The number of nitrogens with zero attached hydrogens (tertiary/aromatic N) is 3. The molecule has 1 rings (SSSR count). The fraction of sp³-hybridized carbons (Fsp3) is 0.500. The Kier molecular flexibility index (Phi) is 2.17. The Bertz CT molecular complexity index is 297. The molecule has 0 spiro atoms. The second kappa shape index (κ2) is 2.97. The minimum absolute atomic E-state index is 0.723. The number of rotatable bonds is 1. The number of azo groups is 1. The predicted octanol–water partition coefficient (Wildman–Crippen LogP) is 1.94. The normalized spacial score (nSPS) is 11.3.